The third kappa shape index (κ3) is 4.26. The van der Waals surface area contributed by atoms with E-state index < -0.39 is 6.61 Å². The first kappa shape index (κ1) is 13.2. The van der Waals surface area contributed by atoms with Crippen LogP contribution in [-0.2, 0) is 6.54 Å². The number of halogens is 2. The Labute approximate surface area is 98.7 Å². The lowest BCUT2D eigenvalue weighted by Crippen LogP contribution is -2.33. The summed E-state index contributed by atoms with van der Waals surface area (Å²) in [7, 11) is 3.40. The molecule has 0 spiro atoms. The summed E-state index contributed by atoms with van der Waals surface area (Å²) in [6.45, 7) is -2.25. The molecule has 4 nitrogen and oxygen atoms in total. The maximum Gasteiger partial charge on any atom is 0.387 e. The topological polar surface area (TPSA) is 50.8 Å². The van der Waals surface area contributed by atoms with E-state index in [4.69, 9.17) is 5.73 Å². The number of alkyl halides is 2. The highest BCUT2D eigenvalue weighted by Crippen LogP contribution is 2.15. The number of nitrogens with zero attached hydrogens (tertiary/aromatic N) is 2. The maximum absolute atomic E-state index is 11.9. The Morgan fingerprint density at radius 1 is 1.41 bits per heavy atom. The molecule has 0 saturated carbocycles. The molecule has 1 rings (SSSR count). The van der Waals surface area contributed by atoms with Crippen LogP contribution in [0.3, 0.4) is 0 Å². The van der Waals surface area contributed by atoms with Crippen LogP contribution in [0.1, 0.15) is 5.56 Å². The molecular weight excluding hydrogens is 228 g/mol. The molecule has 0 aliphatic carbocycles. The van der Waals surface area contributed by atoms with Crippen molar-refractivity contribution in [2.75, 3.05) is 14.1 Å². The van der Waals surface area contributed by atoms with Crippen molar-refractivity contribution in [1.82, 2.24) is 4.90 Å². The molecule has 17 heavy (non-hydrogen) atoms. The van der Waals surface area contributed by atoms with Gasteiger partial charge >= 0.3 is 6.61 Å². The lowest BCUT2D eigenvalue weighted by atomic mass is 10.2. The molecule has 1 aromatic rings. The third-order valence-electron chi connectivity index (χ3n) is 2.19. The Morgan fingerprint density at radius 3 is 2.47 bits per heavy atom. The summed E-state index contributed by atoms with van der Waals surface area (Å²) < 4.78 is 28.1. The van der Waals surface area contributed by atoms with Crippen LogP contribution in [0, 0.1) is 0 Å². The van der Waals surface area contributed by atoms with Crippen LogP contribution in [0.5, 0.6) is 5.75 Å². The number of hydrogen-bond donors (Lipinski definition) is 1. The molecule has 0 saturated heterocycles. The van der Waals surface area contributed by atoms with Crippen LogP contribution in [0.25, 0.3) is 0 Å². The maximum atomic E-state index is 11.9. The summed E-state index contributed by atoms with van der Waals surface area (Å²) >= 11 is 0. The normalized spacial score (nSPS) is 11.7. The molecule has 0 aromatic heterocycles. The number of guanidine groups is 1. The van der Waals surface area contributed by atoms with E-state index in [1.165, 1.54) is 12.1 Å². The van der Waals surface area contributed by atoms with Gasteiger partial charge in [-0.1, -0.05) is 12.1 Å². The van der Waals surface area contributed by atoms with Gasteiger partial charge in [-0.25, -0.2) is 0 Å². The van der Waals surface area contributed by atoms with E-state index in [9.17, 15) is 8.78 Å². The molecular formula is C11H15F2N3O. The van der Waals surface area contributed by atoms with Crippen molar-refractivity contribution >= 4 is 5.96 Å². The van der Waals surface area contributed by atoms with Crippen LogP contribution in [0.2, 0.25) is 0 Å². The highest BCUT2D eigenvalue weighted by Gasteiger charge is 2.05. The largest absolute Gasteiger partial charge is 0.435 e. The average molecular weight is 243 g/mol. The fraction of sp³-hybridized carbons (Fsp3) is 0.364. The summed E-state index contributed by atoms with van der Waals surface area (Å²) in [5.41, 5.74) is 6.54. The lowest BCUT2D eigenvalue weighted by molar-refractivity contribution is -0.0498. The van der Waals surface area contributed by atoms with Gasteiger partial charge in [-0.3, -0.25) is 4.99 Å². The first-order valence-electron chi connectivity index (χ1n) is 5.00. The van der Waals surface area contributed by atoms with Gasteiger partial charge in [-0.05, 0) is 17.7 Å². The van der Waals surface area contributed by atoms with E-state index >= 15 is 0 Å². The number of nitrogens with two attached hydrogens (primary N) is 1. The van der Waals surface area contributed by atoms with Gasteiger partial charge in [0, 0.05) is 20.6 Å². The molecule has 0 aliphatic heterocycles. The fourth-order valence-corrected chi connectivity index (χ4v) is 1.30. The second-order valence-electron chi connectivity index (χ2n) is 3.46. The first-order valence-corrected chi connectivity index (χ1v) is 5.00. The second kappa shape index (κ2) is 6.03. The van der Waals surface area contributed by atoms with E-state index in [-0.39, 0.29) is 5.75 Å². The number of hydrogen-bond acceptors (Lipinski definition) is 2. The Morgan fingerprint density at radius 2 is 2.00 bits per heavy atom. The zero-order valence-electron chi connectivity index (χ0n) is 9.73. The van der Waals surface area contributed by atoms with E-state index in [0.717, 1.165) is 5.56 Å². The highest BCUT2D eigenvalue weighted by atomic mass is 19.3. The van der Waals surface area contributed by atoms with Crippen molar-refractivity contribution in [3.05, 3.63) is 29.8 Å². The van der Waals surface area contributed by atoms with Gasteiger partial charge in [0.25, 0.3) is 0 Å². The van der Waals surface area contributed by atoms with Gasteiger partial charge in [-0.15, -0.1) is 0 Å². The Kier molecular flexibility index (Phi) is 4.68. The molecule has 0 bridgehead atoms. The van der Waals surface area contributed by atoms with Gasteiger partial charge < -0.3 is 15.4 Å². The number of rotatable bonds is 4. The summed E-state index contributed by atoms with van der Waals surface area (Å²) in [4.78, 5) is 5.59. The quantitative estimate of drug-likeness (QED) is 0.646. The molecule has 0 aliphatic rings. The Balaban J connectivity index is 2.62. The van der Waals surface area contributed by atoms with E-state index in [0.29, 0.717) is 12.5 Å². The minimum absolute atomic E-state index is 0.142. The minimum atomic E-state index is -2.80. The highest BCUT2D eigenvalue weighted by molar-refractivity contribution is 5.77. The zero-order chi connectivity index (χ0) is 12.8. The zero-order valence-corrected chi connectivity index (χ0v) is 9.73. The minimum Gasteiger partial charge on any atom is -0.435 e. The number of benzene rings is 1. The van der Waals surface area contributed by atoms with Gasteiger partial charge in [0.1, 0.15) is 5.75 Å². The van der Waals surface area contributed by atoms with Gasteiger partial charge in [0.05, 0.1) is 0 Å². The van der Waals surface area contributed by atoms with E-state index in [1.807, 2.05) is 0 Å². The van der Waals surface area contributed by atoms with Crippen molar-refractivity contribution in [3.63, 3.8) is 0 Å². The standard InChI is InChI=1S/C11H15F2N3O/c1-15-11(14)16(2)7-8-3-5-9(6-4-8)17-10(12)13/h3-6,10H,7H2,1-2H3,(H2,14,15). The summed E-state index contributed by atoms with van der Waals surface area (Å²) in [5, 5.41) is 0. The lowest BCUT2D eigenvalue weighted by Gasteiger charge is -2.17. The SMILES string of the molecule is CN=C(N)N(C)Cc1ccc(OC(F)F)cc1. The monoisotopic (exact) mass is 243 g/mol. The predicted molar refractivity (Wildman–Crippen MR) is 62.1 cm³/mol. The van der Waals surface area contributed by atoms with Crippen molar-refractivity contribution in [1.29, 1.82) is 0 Å². The predicted octanol–water partition coefficient (Wildman–Crippen LogP) is 1.66. The van der Waals surface area contributed by atoms with Crippen LogP contribution in [0.15, 0.2) is 29.3 Å². The molecule has 0 unspecified atom stereocenters. The average Bonchev–Trinajstić information content (AvgIpc) is 2.30. The van der Waals surface area contributed by atoms with Crippen LogP contribution >= 0.6 is 0 Å². The second-order valence-corrected chi connectivity index (χ2v) is 3.46. The van der Waals surface area contributed by atoms with Crippen LogP contribution in [0.4, 0.5) is 8.78 Å². The fourth-order valence-electron chi connectivity index (χ4n) is 1.30. The third-order valence-corrected chi connectivity index (χ3v) is 2.19. The molecule has 0 amide bonds. The van der Waals surface area contributed by atoms with Crippen LogP contribution in [-0.4, -0.2) is 31.6 Å². The number of ether oxygens (including phenoxy) is 1. The summed E-state index contributed by atoms with van der Waals surface area (Å²) in [6.07, 6.45) is 0. The summed E-state index contributed by atoms with van der Waals surface area (Å²) in [6, 6.07) is 6.40. The smallest absolute Gasteiger partial charge is 0.387 e. The Bertz CT molecular complexity index is 379. The van der Waals surface area contributed by atoms with E-state index in [2.05, 4.69) is 9.73 Å². The molecule has 0 heterocycles. The van der Waals surface area contributed by atoms with Crippen molar-refractivity contribution in [2.45, 2.75) is 13.2 Å². The van der Waals surface area contributed by atoms with Crippen molar-refractivity contribution < 1.29 is 13.5 Å². The molecule has 6 heteroatoms. The molecule has 94 valence electrons. The molecule has 0 radical (unpaired) electrons. The van der Waals surface area contributed by atoms with Crippen molar-refractivity contribution in [2.24, 2.45) is 10.7 Å². The Hall–Kier alpha value is -1.85. The van der Waals surface area contributed by atoms with Gasteiger partial charge in [0.15, 0.2) is 5.96 Å². The summed E-state index contributed by atoms with van der Waals surface area (Å²) in [5.74, 6) is 0.557. The van der Waals surface area contributed by atoms with Gasteiger partial charge in [0.2, 0.25) is 0 Å². The van der Waals surface area contributed by atoms with Crippen molar-refractivity contribution in [3.8, 4) is 5.75 Å². The molecule has 2 N–H and O–H groups in total. The van der Waals surface area contributed by atoms with E-state index in [1.54, 1.807) is 31.1 Å². The molecule has 0 fully saturated rings. The number of aliphatic imine (C=N–C) groups is 1. The van der Waals surface area contributed by atoms with Crippen LogP contribution < -0.4 is 10.5 Å². The van der Waals surface area contributed by atoms with Gasteiger partial charge in [-0.2, -0.15) is 8.78 Å². The molecule has 0 atom stereocenters. The first-order chi connectivity index (χ1) is 8.02. The molecule has 1 aromatic carbocycles.